The first-order chi connectivity index (χ1) is 7.67. The Labute approximate surface area is 113 Å². The molecule has 0 heterocycles. The normalized spacial score (nSPS) is 15.2. The van der Waals surface area contributed by atoms with Crippen molar-refractivity contribution in [3.63, 3.8) is 0 Å². The van der Waals surface area contributed by atoms with Gasteiger partial charge in [-0.25, -0.2) is 0 Å². The number of rotatable bonds is 5. The summed E-state index contributed by atoms with van der Waals surface area (Å²) in [6.07, 6.45) is 5.60. The molecule has 0 aromatic heterocycles. The zero-order chi connectivity index (χ0) is 13.6. The highest BCUT2D eigenvalue weighted by Crippen LogP contribution is 2.31. The maximum Gasteiger partial charge on any atom is 0.0424 e. The van der Waals surface area contributed by atoms with Gasteiger partial charge in [0.15, 0.2) is 0 Å². The highest BCUT2D eigenvalue weighted by molar-refractivity contribution is 6.32. The molecule has 0 aromatic carbocycles. The molecule has 0 nitrogen and oxygen atoms in total. The fourth-order valence-electron chi connectivity index (χ4n) is 1.61. The van der Waals surface area contributed by atoms with Gasteiger partial charge < -0.3 is 0 Å². The van der Waals surface area contributed by atoms with E-state index >= 15 is 0 Å². The molecule has 0 atom stereocenters. The minimum atomic E-state index is 0.368. The van der Waals surface area contributed by atoms with Gasteiger partial charge in [0.2, 0.25) is 0 Å². The van der Waals surface area contributed by atoms with Crippen molar-refractivity contribution in [2.45, 2.75) is 67.7 Å². The van der Waals surface area contributed by atoms with Crippen LogP contribution >= 0.6 is 11.6 Å². The summed E-state index contributed by atoms with van der Waals surface area (Å²) >= 11 is 6.48. The van der Waals surface area contributed by atoms with Crippen LogP contribution in [0, 0.1) is 11.3 Å². The van der Waals surface area contributed by atoms with E-state index in [4.69, 9.17) is 11.6 Å². The maximum absolute atomic E-state index is 6.48. The Morgan fingerprint density at radius 2 is 1.76 bits per heavy atom. The summed E-state index contributed by atoms with van der Waals surface area (Å²) < 4.78 is 0. The summed E-state index contributed by atoms with van der Waals surface area (Å²) in [6.45, 7) is 15.6. The molecule has 0 unspecified atom stereocenters. The molecular formula is C16H29Cl. The Morgan fingerprint density at radius 1 is 1.24 bits per heavy atom. The largest absolute Gasteiger partial charge is 0.0841 e. The van der Waals surface area contributed by atoms with E-state index in [1.165, 1.54) is 17.6 Å². The van der Waals surface area contributed by atoms with E-state index in [2.05, 4.69) is 54.5 Å². The first kappa shape index (κ1) is 16.8. The van der Waals surface area contributed by atoms with Gasteiger partial charge in [0, 0.05) is 5.03 Å². The molecule has 0 bridgehead atoms. The van der Waals surface area contributed by atoms with Gasteiger partial charge in [0.1, 0.15) is 0 Å². The molecular weight excluding hydrogens is 228 g/mol. The van der Waals surface area contributed by atoms with Crippen molar-refractivity contribution in [1.29, 1.82) is 0 Å². The molecule has 0 aliphatic heterocycles. The predicted octanol–water partition coefficient (Wildman–Crippen LogP) is 6.32. The molecule has 17 heavy (non-hydrogen) atoms. The van der Waals surface area contributed by atoms with Crippen molar-refractivity contribution >= 4 is 11.6 Å². The number of allylic oxidation sites excluding steroid dienone is 4. The van der Waals surface area contributed by atoms with Gasteiger partial charge in [0.05, 0.1) is 0 Å². The molecule has 100 valence electrons. The number of hydrogen-bond donors (Lipinski definition) is 0. The molecule has 0 aliphatic rings. The fraction of sp³-hybridized carbons (Fsp3) is 0.750. The SMILES string of the molecule is CC/C(C)=C(Cl)\C(=C\C(C)C)CCC(C)(C)C. The van der Waals surface area contributed by atoms with E-state index in [1.54, 1.807) is 0 Å². The molecule has 0 amide bonds. The third-order valence-electron chi connectivity index (χ3n) is 2.87. The first-order valence-corrected chi connectivity index (χ1v) is 7.11. The first-order valence-electron chi connectivity index (χ1n) is 6.73. The van der Waals surface area contributed by atoms with Crippen LogP contribution in [0.2, 0.25) is 0 Å². The molecule has 0 fully saturated rings. The van der Waals surface area contributed by atoms with E-state index in [0.717, 1.165) is 17.9 Å². The Morgan fingerprint density at radius 3 is 2.12 bits per heavy atom. The van der Waals surface area contributed by atoms with Crippen molar-refractivity contribution in [2.24, 2.45) is 11.3 Å². The summed E-state index contributed by atoms with van der Waals surface area (Å²) in [4.78, 5) is 0. The van der Waals surface area contributed by atoms with Crippen molar-refractivity contribution in [3.8, 4) is 0 Å². The highest BCUT2D eigenvalue weighted by atomic mass is 35.5. The average Bonchev–Trinajstić information content (AvgIpc) is 2.20. The van der Waals surface area contributed by atoms with E-state index in [9.17, 15) is 0 Å². The van der Waals surface area contributed by atoms with Crippen LogP contribution in [0.5, 0.6) is 0 Å². The van der Waals surface area contributed by atoms with Crippen LogP contribution in [0.15, 0.2) is 22.3 Å². The smallest absolute Gasteiger partial charge is 0.0424 e. The highest BCUT2D eigenvalue weighted by Gasteiger charge is 2.13. The number of halogens is 1. The lowest BCUT2D eigenvalue weighted by Crippen LogP contribution is -2.05. The van der Waals surface area contributed by atoms with E-state index < -0.39 is 0 Å². The second kappa shape index (κ2) is 7.26. The molecule has 0 aliphatic carbocycles. The summed E-state index contributed by atoms with van der Waals surface area (Å²) in [6, 6.07) is 0. The Bertz CT molecular complexity index is 287. The van der Waals surface area contributed by atoms with E-state index in [-0.39, 0.29) is 0 Å². The van der Waals surface area contributed by atoms with Crippen molar-refractivity contribution in [1.82, 2.24) is 0 Å². The quantitative estimate of drug-likeness (QED) is 0.505. The number of hydrogen-bond acceptors (Lipinski definition) is 0. The molecule has 0 saturated carbocycles. The van der Waals surface area contributed by atoms with Gasteiger partial charge >= 0.3 is 0 Å². The Hall–Kier alpha value is -0.230. The van der Waals surface area contributed by atoms with Gasteiger partial charge in [-0.1, -0.05) is 64.8 Å². The summed E-state index contributed by atoms with van der Waals surface area (Å²) in [5.74, 6) is 0.559. The lowest BCUT2D eigenvalue weighted by atomic mass is 9.87. The molecule has 1 heteroatoms. The van der Waals surface area contributed by atoms with Crippen LogP contribution in [0.25, 0.3) is 0 Å². The van der Waals surface area contributed by atoms with Crippen LogP contribution in [-0.2, 0) is 0 Å². The van der Waals surface area contributed by atoms with Gasteiger partial charge in [-0.3, -0.25) is 0 Å². The molecule has 0 saturated heterocycles. The monoisotopic (exact) mass is 256 g/mol. The van der Waals surface area contributed by atoms with Crippen LogP contribution in [0.1, 0.15) is 67.7 Å². The van der Waals surface area contributed by atoms with E-state index in [0.29, 0.717) is 11.3 Å². The lowest BCUT2D eigenvalue weighted by molar-refractivity contribution is 0.378. The second-order valence-corrected chi connectivity index (χ2v) is 6.82. The van der Waals surface area contributed by atoms with Crippen LogP contribution in [0.4, 0.5) is 0 Å². The minimum Gasteiger partial charge on any atom is -0.0841 e. The van der Waals surface area contributed by atoms with Crippen LogP contribution < -0.4 is 0 Å². The fourth-order valence-corrected chi connectivity index (χ4v) is 1.90. The Kier molecular flexibility index (Phi) is 7.16. The standard InChI is InChI=1S/C16H29Cl/c1-8-13(4)15(17)14(11-12(2)3)9-10-16(5,6)7/h11-12H,8-10H2,1-7H3/b14-11+,15-13+. The van der Waals surface area contributed by atoms with Crippen molar-refractivity contribution < 1.29 is 0 Å². The summed E-state index contributed by atoms with van der Waals surface area (Å²) in [5, 5.41) is 0.991. The zero-order valence-electron chi connectivity index (χ0n) is 12.7. The predicted molar refractivity (Wildman–Crippen MR) is 80.5 cm³/mol. The van der Waals surface area contributed by atoms with Gasteiger partial charge in [-0.05, 0) is 43.1 Å². The molecule has 0 aromatic rings. The zero-order valence-corrected chi connectivity index (χ0v) is 13.4. The second-order valence-electron chi connectivity index (χ2n) is 6.44. The van der Waals surface area contributed by atoms with Gasteiger partial charge in [-0.15, -0.1) is 0 Å². The van der Waals surface area contributed by atoms with E-state index in [1.807, 2.05) is 0 Å². The minimum absolute atomic E-state index is 0.368. The topological polar surface area (TPSA) is 0 Å². The maximum atomic E-state index is 6.48. The summed E-state index contributed by atoms with van der Waals surface area (Å²) in [5.41, 5.74) is 3.00. The third kappa shape index (κ3) is 7.65. The Balaban J connectivity index is 4.92. The molecule has 0 radical (unpaired) electrons. The van der Waals surface area contributed by atoms with Crippen LogP contribution in [0.3, 0.4) is 0 Å². The van der Waals surface area contributed by atoms with Crippen molar-refractivity contribution in [3.05, 3.63) is 22.3 Å². The van der Waals surface area contributed by atoms with Gasteiger partial charge in [-0.2, -0.15) is 0 Å². The third-order valence-corrected chi connectivity index (χ3v) is 3.43. The molecule has 0 N–H and O–H groups in total. The van der Waals surface area contributed by atoms with Gasteiger partial charge in [0.25, 0.3) is 0 Å². The van der Waals surface area contributed by atoms with Crippen molar-refractivity contribution in [2.75, 3.05) is 0 Å². The summed E-state index contributed by atoms with van der Waals surface area (Å²) in [7, 11) is 0. The van der Waals surface area contributed by atoms with Crippen LogP contribution in [-0.4, -0.2) is 0 Å². The molecule has 0 spiro atoms. The lowest BCUT2D eigenvalue weighted by Gasteiger charge is -2.20. The molecule has 0 rings (SSSR count). The average molecular weight is 257 g/mol.